The molecule has 130 valence electrons. The van der Waals surface area contributed by atoms with Gasteiger partial charge >= 0.3 is 5.97 Å². The van der Waals surface area contributed by atoms with E-state index in [9.17, 15) is 4.79 Å². The molecular formula is C21H29NO2. The van der Waals surface area contributed by atoms with E-state index in [2.05, 4.69) is 13.2 Å². The molecule has 1 aromatic carbocycles. The van der Waals surface area contributed by atoms with Crippen molar-refractivity contribution in [2.45, 2.75) is 51.0 Å². The molecule has 0 bridgehead atoms. The summed E-state index contributed by atoms with van der Waals surface area (Å²) < 4.78 is 5.35. The Morgan fingerprint density at radius 1 is 1.12 bits per heavy atom. The van der Waals surface area contributed by atoms with Crippen molar-refractivity contribution in [3.63, 3.8) is 0 Å². The summed E-state index contributed by atoms with van der Waals surface area (Å²) in [7, 11) is 0. The minimum absolute atomic E-state index is 0.231. The highest BCUT2D eigenvalue weighted by molar-refractivity contribution is 5.87. The summed E-state index contributed by atoms with van der Waals surface area (Å²) in [6.07, 6.45) is 10.3. The highest BCUT2D eigenvalue weighted by atomic mass is 16.5. The molecule has 24 heavy (non-hydrogen) atoms. The summed E-state index contributed by atoms with van der Waals surface area (Å²) in [5, 5.41) is 0. The Morgan fingerprint density at radius 3 is 2.21 bits per heavy atom. The summed E-state index contributed by atoms with van der Waals surface area (Å²) >= 11 is 0. The number of hydrogen-bond donors (Lipinski definition) is 0. The number of carbonyl (C=O) groups is 1. The molecule has 0 amide bonds. The van der Waals surface area contributed by atoms with E-state index in [4.69, 9.17) is 9.73 Å². The van der Waals surface area contributed by atoms with E-state index in [0.717, 1.165) is 31.2 Å². The van der Waals surface area contributed by atoms with Crippen LogP contribution >= 0.6 is 0 Å². The van der Waals surface area contributed by atoms with Crippen molar-refractivity contribution in [1.82, 2.24) is 0 Å². The Bertz CT molecular complexity index is 520. The average molecular weight is 327 g/mol. The fraction of sp³-hybridized carbons (Fsp3) is 0.429. The third-order valence-electron chi connectivity index (χ3n) is 3.91. The van der Waals surface area contributed by atoms with Crippen molar-refractivity contribution in [3.05, 3.63) is 61.2 Å². The molecule has 0 spiro atoms. The molecule has 0 saturated carbocycles. The molecule has 0 heterocycles. The van der Waals surface area contributed by atoms with Gasteiger partial charge in [0.25, 0.3) is 0 Å². The monoisotopic (exact) mass is 327 g/mol. The number of hydrogen-bond acceptors (Lipinski definition) is 3. The number of unbranched alkanes of at least 4 members (excludes halogenated alkanes) is 2. The molecule has 0 N–H and O–H groups in total. The fourth-order valence-electron chi connectivity index (χ4n) is 2.59. The number of ether oxygens (including phenoxy) is 1. The molecular weight excluding hydrogens is 298 g/mol. The Hall–Kier alpha value is -2.16. The Morgan fingerprint density at radius 2 is 1.71 bits per heavy atom. The zero-order chi connectivity index (χ0) is 17.7. The lowest BCUT2D eigenvalue weighted by atomic mass is 9.87. The predicted molar refractivity (Wildman–Crippen MR) is 101 cm³/mol. The highest BCUT2D eigenvalue weighted by Gasteiger charge is 2.38. The van der Waals surface area contributed by atoms with Crippen molar-refractivity contribution < 1.29 is 9.53 Å². The van der Waals surface area contributed by atoms with E-state index in [1.165, 1.54) is 0 Å². The van der Waals surface area contributed by atoms with E-state index in [1.807, 2.05) is 49.4 Å². The quantitative estimate of drug-likeness (QED) is 0.231. The lowest BCUT2D eigenvalue weighted by Gasteiger charge is -2.27. The van der Waals surface area contributed by atoms with Crippen molar-refractivity contribution in [2.75, 3.05) is 6.61 Å². The second-order valence-electron chi connectivity index (χ2n) is 5.78. The molecule has 3 heteroatoms. The van der Waals surface area contributed by atoms with Crippen molar-refractivity contribution in [3.8, 4) is 0 Å². The van der Waals surface area contributed by atoms with Crippen LogP contribution in [0.3, 0.4) is 0 Å². The molecule has 0 fully saturated rings. The maximum atomic E-state index is 12.7. The summed E-state index contributed by atoms with van der Waals surface area (Å²) in [4.78, 5) is 17.4. The maximum Gasteiger partial charge on any atom is 0.333 e. The molecule has 0 atom stereocenters. The van der Waals surface area contributed by atoms with E-state index in [0.29, 0.717) is 19.4 Å². The Kier molecular flexibility index (Phi) is 9.44. The van der Waals surface area contributed by atoms with Crippen molar-refractivity contribution in [1.29, 1.82) is 0 Å². The Balaban J connectivity index is 3.05. The van der Waals surface area contributed by atoms with Crippen LogP contribution in [-0.4, -0.2) is 24.3 Å². The molecule has 3 nitrogen and oxygen atoms in total. The smallest absolute Gasteiger partial charge is 0.333 e. The van der Waals surface area contributed by atoms with Crippen LogP contribution in [0.2, 0.25) is 0 Å². The largest absolute Gasteiger partial charge is 0.464 e. The van der Waals surface area contributed by atoms with Gasteiger partial charge in [-0.2, -0.15) is 0 Å². The summed E-state index contributed by atoms with van der Waals surface area (Å²) in [6, 6.07) is 9.84. The van der Waals surface area contributed by atoms with Crippen LogP contribution in [0.1, 0.15) is 51.0 Å². The molecule has 0 aliphatic carbocycles. The van der Waals surface area contributed by atoms with Crippen LogP contribution in [0.25, 0.3) is 0 Å². The molecule has 0 aromatic heterocycles. The summed E-state index contributed by atoms with van der Waals surface area (Å²) in [6.45, 7) is 9.72. The van der Waals surface area contributed by atoms with Gasteiger partial charge in [-0.1, -0.05) is 42.5 Å². The topological polar surface area (TPSA) is 38.7 Å². The van der Waals surface area contributed by atoms with Crippen molar-refractivity contribution in [2.24, 2.45) is 4.99 Å². The van der Waals surface area contributed by atoms with Gasteiger partial charge in [0.2, 0.25) is 0 Å². The fourth-order valence-corrected chi connectivity index (χ4v) is 2.59. The normalized spacial score (nSPS) is 11.4. The number of aliphatic imine (C=N–C) groups is 1. The molecule has 0 unspecified atom stereocenters. The number of nitrogens with zero attached hydrogens (tertiary/aromatic N) is 1. The van der Waals surface area contributed by atoms with Crippen LogP contribution in [0.15, 0.2) is 60.6 Å². The minimum atomic E-state index is -0.822. The summed E-state index contributed by atoms with van der Waals surface area (Å²) in [5.41, 5.74) is 0.163. The first-order valence-electron chi connectivity index (χ1n) is 8.68. The third-order valence-corrected chi connectivity index (χ3v) is 3.91. The zero-order valence-electron chi connectivity index (χ0n) is 14.7. The van der Waals surface area contributed by atoms with Crippen LogP contribution in [0.5, 0.6) is 0 Å². The lowest BCUT2D eigenvalue weighted by Crippen LogP contribution is -2.39. The first kappa shape index (κ1) is 19.9. The maximum absolute atomic E-state index is 12.7. The first-order chi connectivity index (χ1) is 11.7. The van der Waals surface area contributed by atoms with E-state index >= 15 is 0 Å². The van der Waals surface area contributed by atoms with Gasteiger partial charge in [0, 0.05) is 6.21 Å². The SMILES string of the molecule is C=CCCCC(CCCC=C)(N=Cc1ccccc1)C(=O)OCC. The van der Waals surface area contributed by atoms with Gasteiger partial charge in [-0.25, -0.2) is 4.79 Å². The first-order valence-corrected chi connectivity index (χ1v) is 8.68. The Labute approximate surface area is 146 Å². The van der Waals surface area contributed by atoms with Gasteiger partial charge < -0.3 is 4.74 Å². The number of allylic oxidation sites excluding steroid dienone is 2. The van der Waals surface area contributed by atoms with Crippen molar-refractivity contribution >= 4 is 12.2 Å². The standard InChI is InChI=1S/C21H29NO2/c1-4-7-12-16-21(17-13-8-5-2,20(23)24-6-3)22-18-19-14-10-9-11-15-19/h4-5,9-11,14-15,18H,1-2,6-8,12-13,16-17H2,3H3. The number of rotatable bonds is 12. The molecule has 0 saturated heterocycles. The predicted octanol–water partition coefficient (Wildman–Crippen LogP) is 5.12. The molecule has 1 aromatic rings. The second-order valence-corrected chi connectivity index (χ2v) is 5.78. The highest BCUT2D eigenvalue weighted by Crippen LogP contribution is 2.28. The zero-order valence-corrected chi connectivity index (χ0v) is 14.7. The van der Waals surface area contributed by atoms with Gasteiger partial charge in [-0.05, 0) is 51.0 Å². The molecule has 0 aliphatic heterocycles. The van der Waals surface area contributed by atoms with E-state index in [-0.39, 0.29) is 5.97 Å². The number of carbonyl (C=O) groups excluding carboxylic acids is 1. The van der Waals surface area contributed by atoms with Crippen LogP contribution < -0.4 is 0 Å². The number of esters is 1. The van der Waals surface area contributed by atoms with E-state index < -0.39 is 5.54 Å². The minimum Gasteiger partial charge on any atom is -0.464 e. The van der Waals surface area contributed by atoms with Gasteiger partial charge in [0.15, 0.2) is 5.54 Å². The van der Waals surface area contributed by atoms with Gasteiger partial charge in [-0.3, -0.25) is 4.99 Å². The average Bonchev–Trinajstić information content (AvgIpc) is 2.60. The lowest BCUT2D eigenvalue weighted by molar-refractivity contribution is -0.150. The van der Waals surface area contributed by atoms with Crippen LogP contribution in [0.4, 0.5) is 0 Å². The molecule has 0 radical (unpaired) electrons. The molecule has 1 rings (SSSR count). The number of benzene rings is 1. The van der Waals surface area contributed by atoms with Crippen LogP contribution in [0, 0.1) is 0 Å². The van der Waals surface area contributed by atoms with Gasteiger partial charge in [-0.15, -0.1) is 13.2 Å². The third kappa shape index (κ3) is 6.53. The molecule has 0 aliphatic rings. The summed E-state index contributed by atoms with van der Waals surface area (Å²) in [5.74, 6) is -0.231. The van der Waals surface area contributed by atoms with Gasteiger partial charge in [0.05, 0.1) is 6.61 Å². The second kappa shape index (κ2) is 11.4. The van der Waals surface area contributed by atoms with Crippen LogP contribution in [-0.2, 0) is 9.53 Å². The van der Waals surface area contributed by atoms with E-state index in [1.54, 1.807) is 6.21 Å². The van der Waals surface area contributed by atoms with Gasteiger partial charge in [0.1, 0.15) is 0 Å².